The van der Waals surface area contributed by atoms with Gasteiger partial charge in [-0.15, -0.1) is 0 Å². The van der Waals surface area contributed by atoms with E-state index in [4.69, 9.17) is 17.3 Å². The molecule has 0 aliphatic carbocycles. The molecule has 0 aliphatic rings. The number of fused-ring (bicyclic) bond motifs is 1. The van der Waals surface area contributed by atoms with Crippen LogP contribution in [0.1, 0.15) is 0 Å². The molecule has 0 unspecified atom stereocenters. The van der Waals surface area contributed by atoms with E-state index in [1.165, 1.54) is 18.2 Å². The Bertz CT molecular complexity index is 701. The van der Waals surface area contributed by atoms with Gasteiger partial charge in [-0.1, -0.05) is 11.6 Å². The largest absolute Gasteiger partial charge is 0.350 e. The molecule has 6 nitrogen and oxygen atoms in total. The number of H-pyrrole nitrogens is 1. The summed E-state index contributed by atoms with van der Waals surface area (Å²) in [4.78, 5) is 34.1. The summed E-state index contributed by atoms with van der Waals surface area (Å²) in [6.45, 7) is 0. The molecular formula is C9H6ClN3O3. The van der Waals surface area contributed by atoms with Crippen LogP contribution in [0.4, 0.5) is 4.79 Å². The van der Waals surface area contributed by atoms with Crippen molar-refractivity contribution in [2.45, 2.75) is 0 Å². The minimum atomic E-state index is -1.04. The molecule has 1 amide bonds. The van der Waals surface area contributed by atoms with Crippen LogP contribution in [-0.2, 0) is 0 Å². The highest BCUT2D eigenvalue weighted by Gasteiger charge is 2.10. The molecule has 1 aromatic heterocycles. The van der Waals surface area contributed by atoms with Crippen LogP contribution in [0.3, 0.4) is 0 Å². The van der Waals surface area contributed by atoms with Gasteiger partial charge in [-0.05, 0) is 18.2 Å². The van der Waals surface area contributed by atoms with Crippen molar-refractivity contribution < 1.29 is 4.79 Å². The Balaban J connectivity index is 3.02. The summed E-state index contributed by atoms with van der Waals surface area (Å²) in [5.74, 6) is 0. The molecule has 3 N–H and O–H groups in total. The summed E-state index contributed by atoms with van der Waals surface area (Å²) < 4.78 is 0.457. The molecule has 16 heavy (non-hydrogen) atoms. The number of primary amides is 1. The maximum absolute atomic E-state index is 11.7. The van der Waals surface area contributed by atoms with Crippen LogP contribution in [-0.4, -0.2) is 15.8 Å². The number of nitrogens with one attached hydrogen (secondary N) is 1. The highest BCUT2D eigenvalue weighted by molar-refractivity contribution is 6.31. The van der Waals surface area contributed by atoms with Crippen LogP contribution < -0.4 is 16.9 Å². The van der Waals surface area contributed by atoms with Gasteiger partial charge in [-0.2, -0.15) is 4.68 Å². The molecule has 0 fully saturated rings. The predicted octanol–water partition coefficient (Wildman–Crippen LogP) is 0.270. The number of carbonyl (C=O) groups is 1. The van der Waals surface area contributed by atoms with Gasteiger partial charge in [-0.25, -0.2) is 4.79 Å². The van der Waals surface area contributed by atoms with Gasteiger partial charge < -0.3 is 5.73 Å². The molecule has 7 heteroatoms. The van der Waals surface area contributed by atoms with Crippen LogP contribution in [0, 0.1) is 0 Å². The number of aromatic nitrogens is 2. The van der Waals surface area contributed by atoms with Crippen LogP contribution in [0.25, 0.3) is 10.8 Å². The maximum atomic E-state index is 11.7. The number of hydrogen-bond donors (Lipinski definition) is 2. The summed E-state index contributed by atoms with van der Waals surface area (Å²) in [6.07, 6.45) is 0. The molecule has 0 bridgehead atoms. The second kappa shape index (κ2) is 3.49. The summed E-state index contributed by atoms with van der Waals surface area (Å²) in [6, 6.07) is 3.13. The van der Waals surface area contributed by atoms with Crippen molar-refractivity contribution in [1.82, 2.24) is 9.78 Å². The van der Waals surface area contributed by atoms with Gasteiger partial charge in [0.05, 0.1) is 10.8 Å². The van der Waals surface area contributed by atoms with Gasteiger partial charge in [0.15, 0.2) is 0 Å². The van der Waals surface area contributed by atoms with Crippen molar-refractivity contribution in [3.63, 3.8) is 0 Å². The lowest BCUT2D eigenvalue weighted by atomic mass is 10.2. The van der Waals surface area contributed by atoms with E-state index in [-0.39, 0.29) is 10.8 Å². The van der Waals surface area contributed by atoms with E-state index in [0.717, 1.165) is 0 Å². The molecule has 0 spiro atoms. The minimum absolute atomic E-state index is 0.0898. The van der Waals surface area contributed by atoms with E-state index < -0.39 is 17.1 Å². The molecule has 0 saturated carbocycles. The Morgan fingerprint density at radius 2 is 2.00 bits per heavy atom. The van der Waals surface area contributed by atoms with Crippen LogP contribution in [0.15, 0.2) is 27.8 Å². The number of nitrogens with zero attached hydrogens (tertiary/aromatic N) is 1. The number of hydrogen-bond acceptors (Lipinski definition) is 3. The monoisotopic (exact) mass is 239 g/mol. The van der Waals surface area contributed by atoms with Gasteiger partial charge in [0.2, 0.25) is 0 Å². The SMILES string of the molecule is NC(=O)n1[nH]c(=O)c2cc(Cl)ccc2c1=O. The second-order valence-electron chi connectivity index (χ2n) is 3.11. The average molecular weight is 240 g/mol. The summed E-state index contributed by atoms with van der Waals surface area (Å²) in [7, 11) is 0. The van der Waals surface area contributed by atoms with Crippen LogP contribution >= 0.6 is 11.6 Å². The van der Waals surface area contributed by atoms with E-state index >= 15 is 0 Å². The van der Waals surface area contributed by atoms with Gasteiger partial charge in [0.1, 0.15) is 0 Å². The zero-order valence-corrected chi connectivity index (χ0v) is 8.62. The Hall–Kier alpha value is -2.08. The zero-order valence-electron chi connectivity index (χ0n) is 7.86. The highest BCUT2D eigenvalue weighted by Crippen LogP contribution is 2.12. The third-order valence-electron chi connectivity index (χ3n) is 2.09. The Kier molecular flexibility index (Phi) is 2.28. The lowest BCUT2D eigenvalue weighted by molar-refractivity contribution is 0.246. The van der Waals surface area contributed by atoms with Crippen molar-refractivity contribution in [3.05, 3.63) is 43.9 Å². The fourth-order valence-electron chi connectivity index (χ4n) is 1.38. The van der Waals surface area contributed by atoms with Gasteiger partial charge in [-0.3, -0.25) is 14.7 Å². The molecule has 2 rings (SSSR count). The smallest absolute Gasteiger partial charge is 0.341 e. The molecule has 2 aromatic rings. The number of halogens is 1. The minimum Gasteiger partial charge on any atom is -0.350 e. The topological polar surface area (TPSA) is 97.9 Å². The van der Waals surface area contributed by atoms with Gasteiger partial charge >= 0.3 is 6.03 Å². The molecule has 82 valence electrons. The summed E-state index contributed by atoms with van der Waals surface area (Å²) >= 11 is 5.69. The molecule has 1 heterocycles. The Morgan fingerprint density at radius 1 is 1.31 bits per heavy atom. The normalized spacial score (nSPS) is 10.6. The van der Waals surface area contributed by atoms with Crippen LogP contribution in [0.2, 0.25) is 5.02 Å². The number of nitrogens with two attached hydrogens (primary N) is 1. The fourth-order valence-corrected chi connectivity index (χ4v) is 1.55. The number of carbonyl (C=O) groups excluding carboxylic acids is 1. The third kappa shape index (κ3) is 1.49. The first kappa shape index (κ1) is 10.4. The molecule has 0 saturated heterocycles. The first-order valence-electron chi connectivity index (χ1n) is 4.25. The van der Waals surface area contributed by atoms with E-state index in [0.29, 0.717) is 9.70 Å². The first-order valence-corrected chi connectivity index (χ1v) is 4.63. The maximum Gasteiger partial charge on any atom is 0.341 e. The molecule has 1 aromatic carbocycles. The Labute approximate surface area is 93.2 Å². The molecule has 0 aliphatic heterocycles. The van der Waals surface area contributed by atoms with Crippen molar-refractivity contribution in [3.8, 4) is 0 Å². The second-order valence-corrected chi connectivity index (χ2v) is 3.55. The standard InChI is InChI=1S/C9H6ClN3O3/c10-4-1-2-5-6(3-4)7(14)12-13(8(5)15)9(11)16/h1-3H,(H2,11,16)(H,12,14). The number of rotatable bonds is 0. The average Bonchev–Trinajstić information content (AvgIpc) is 2.22. The third-order valence-corrected chi connectivity index (χ3v) is 2.33. The number of benzene rings is 1. The van der Waals surface area contributed by atoms with E-state index in [1.807, 2.05) is 0 Å². The predicted molar refractivity (Wildman–Crippen MR) is 58.8 cm³/mol. The van der Waals surface area contributed by atoms with E-state index in [1.54, 1.807) is 0 Å². The van der Waals surface area contributed by atoms with Crippen molar-refractivity contribution in [2.24, 2.45) is 5.73 Å². The van der Waals surface area contributed by atoms with Crippen molar-refractivity contribution >= 4 is 28.4 Å². The fraction of sp³-hybridized carbons (Fsp3) is 0. The summed E-state index contributed by atoms with van der Waals surface area (Å²) in [5, 5.41) is 2.60. The highest BCUT2D eigenvalue weighted by atomic mass is 35.5. The van der Waals surface area contributed by atoms with E-state index in [2.05, 4.69) is 5.10 Å². The van der Waals surface area contributed by atoms with Crippen molar-refractivity contribution in [2.75, 3.05) is 0 Å². The lowest BCUT2D eigenvalue weighted by Gasteiger charge is -2.02. The number of amides is 1. The first-order chi connectivity index (χ1) is 7.50. The number of aromatic amines is 1. The van der Waals surface area contributed by atoms with Gasteiger partial charge in [0, 0.05) is 5.02 Å². The summed E-state index contributed by atoms with van der Waals surface area (Å²) in [5.41, 5.74) is 3.65. The van der Waals surface area contributed by atoms with E-state index in [9.17, 15) is 14.4 Å². The Morgan fingerprint density at radius 3 is 2.62 bits per heavy atom. The molecule has 0 radical (unpaired) electrons. The van der Waals surface area contributed by atoms with Gasteiger partial charge in [0.25, 0.3) is 11.1 Å². The molecular weight excluding hydrogens is 234 g/mol. The van der Waals surface area contributed by atoms with Crippen LogP contribution in [0.5, 0.6) is 0 Å². The van der Waals surface area contributed by atoms with Crippen molar-refractivity contribution in [1.29, 1.82) is 0 Å². The molecule has 0 atom stereocenters. The lowest BCUT2D eigenvalue weighted by Crippen LogP contribution is -2.37. The quantitative estimate of drug-likeness (QED) is 0.690. The zero-order chi connectivity index (χ0) is 11.9.